The molecule has 188 valence electrons. The average Bonchev–Trinajstić information content (AvgIpc) is 2.80. The minimum atomic E-state index is -3.38. The number of fused-ring (bicyclic) bond motifs is 1. The number of nitrogens with zero attached hydrogens (tertiary/aromatic N) is 1. The first-order chi connectivity index (χ1) is 16.3. The Morgan fingerprint density at radius 3 is 2.29 bits per heavy atom. The first-order valence-corrected chi connectivity index (χ1v) is 13.9. The first-order valence-electron chi connectivity index (χ1n) is 11.5. The molecule has 0 radical (unpaired) electrons. The highest BCUT2D eigenvalue weighted by atomic mass is 35.5. The van der Waals surface area contributed by atoms with Crippen LogP contribution in [0.1, 0.15) is 36.0 Å². The molecule has 1 aliphatic heterocycles. The van der Waals surface area contributed by atoms with E-state index >= 15 is 0 Å². The molecular weight excluding hydrogens is 497 g/mol. The normalized spacial score (nSPS) is 16.5. The maximum atomic E-state index is 12.8. The molecule has 0 aliphatic carbocycles. The maximum absolute atomic E-state index is 12.8. The van der Waals surface area contributed by atoms with E-state index in [-0.39, 0.29) is 11.7 Å². The third-order valence-electron chi connectivity index (χ3n) is 5.78. The van der Waals surface area contributed by atoms with Crippen molar-refractivity contribution in [2.24, 2.45) is 0 Å². The van der Waals surface area contributed by atoms with Crippen molar-refractivity contribution in [1.29, 1.82) is 0 Å². The van der Waals surface area contributed by atoms with Gasteiger partial charge in [0.25, 0.3) is 0 Å². The van der Waals surface area contributed by atoms with Crippen LogP contribution in [0, 0.1) is 0 Å². The van der Waals surface area contributed by atoms with Crippen LogP contribution in [0.4, 0.5) is 0 Å². The van der Waals surface area contributed by atoms with Crippen LogP contribution < -0.4 is 0 Å². The Balaban J connectivity index is 1.53. The van der Waals surface area contributed by atoms with E-state index < -0.39 is 9.84 Å². The number of hydrogen-bond donors (Lipinski definition) is 0. The third kappa shape index (κ3) is 7.65. The standard InChI is InChI=1S/C25H33Cl2NO5S/c1-3-31-10-11-33-13-12-32-9-4-14-34(29,30)21-7-5-19(6-8-21)23-17-28(2)18-24-22(23)15-20(26)16-25(24)27/h5-8,15-16,23H,3-4,9-14,17-18H2,1-2H3/t23-/m0/s1. The fraction of sp³-hybridized carbons (Fsp3) is 0.520. The number of likely N-dealkylation sites (N-methyl/N-ethyl adjacent to an activating group) is 1. The van der Waals surface area contributed by atoms with Gasteiger partial charge < -0.3 is 19.1 Å². The molecule has 0 amide bonds. The van der Waals surface area contributed by atoms with E-state index in [0.29, 0.717) is 61.0 Å². The second-order valence-electron chi connectivity index (χ2n) is 8.37. The van der Waals surface area contributed by atoms with Crippen molar-refractivity contribution in [2.75, 3.05) is 59.0 Å². The van der Waals surface area contributed by atoms with E-state index in [2.05, 4.69) is 11.9 Å². The summed E-state index contributed by atoms with van der Waals surface area (Å²) in [5.41, 5.74) is 3.21. The summed E-state index contributed by atoms with van der Waals surface area (Å²) in [5, 5.41) is 1.27. The minimum Gasteiger partial charge on any atom is -0.379 e. The van der Waals surface area contributed by atoms with E-state index in [1.54, 1.807) is 18.2 Å². The fourth-order valence-electron chi connectivity index (χ4n) is 4.09. The summed E-state index contributed by atoms with van der Waals surface area (Å²) in [6, 6.07) is 10.9. The van der Waals surface area contributed by atoms with Crippen LogP contribution in [0.2, 0.25) is 10.0 Å². The Morgan fingerprint density at radius 1 is 0.971 bits per heavy atom. The van der Waals surface area contributed by atoms with Gasteiger partial charge in [-0.1, -0.05) is 35.3 Å². The van der Waals surface area contributed by atoms with Crippen LogP contribution in [-0.2, 0) is 30.6 Å². The summed E-state index contributed by atoms with van der Waals surface area (Å²) in [5.74, 6) is 0.114. The molecule has 0 fully saturated rings. The van der Waals surface area contributed by atoms with Gasteiger partial charge in [0.15, 0.2) is 9.84 Å². The zero-order valence-electron chi connectivity index (χ0n) is 19.8. The molecule has 0 spiro atoms. The molecule has 34 heavy (non-hydrogen) atoms. The molecule has 6 nitrogen and oxygen atoms in total. The molecule has 9 heteroatoms. The summed E-state index contributed by atoms with van der Waals surface area (Å²) in [6.45, 7) is 6.56. The summed E-state index contributed by atoms with van der Waals surface area (Å²) in [6.07, 6.45) is 0.431. The number of ether oxygens (including phenoxy) is 3. The van der Waals surface area contributed by atoms with Gasteiger partial charge in [-0.15, -0.1) is 0 Å². The third-order valence-corrected chi connectivity index (χ3v) is 8.16. The Kier molecular flexibility index (Phi) is 10.6. The second kappa shape index (κ2) is 13.2. The van der Waals surface area contributed by atoms with E-state index in [9.17, 15) is 8.42 Å². The SMILES string of the molecule is CCOCCOCCOCCCS(=O)(=O)c1ccc([C@@H]2CN(C)Cc3c(Cl)cc(Cl)cc32)cc1. The highest BCUT2D eigenvalue weighted by Crippen LogP contribution is 2.38. The lowest BCUT2D eigenvalue weighted by atomic mass is 9.85. The zero-order chi connectivity index (χ0) is 24.6. The lowest BCUT2D eigenvalue weighted by Gasteiger charge is -2.33. The molecule has 0 unspecified atom stereocenters. The van der Waals surface area contributed by atoms with E-state index in [0.717, 1.165) is 29.8 Å². The lowest BCUT2D eigenvalue weighted by molar-refractivity contribution is 0.0172. The van der Waals surface area contributed by atoms with E-state index in [1.807, 2.05) is 25.1 Å². The minimum absolute atomic E-state index is 0.0394. The van der Waals surface area contributed by atoms with Gasteiger partial charge in [-0.2, -0.15) is 0 Å². The van der Waals surface area contributed by atoms with Gasteiger partial charge in [-0.25, -0.2) is 8.42 Å². The molecule has 3 rings (SSSR count). The maximum Gasteiger partial charge on any atom is 0.178 e. The lowest BCUT2D eigenvalue weighted by Crippen LogP contribution is -2.31. The summed E-state index contributed by atoms with van der Waals surface area (Å²) in [4.78, 5) is 2.53. The Morgan fingerprint density at radius 2 is 1.62 bits per heavy atom. The summed E-state index contributed by atoms with van der Waals surface area (Å²) >= 11 is 12.7. The Labute approximate surface area is 213 Å². The molecule has 0 bridgehead atoms. The molecule has 1 atom stereocenters. The fourth-order valence-corrected chi connectivity index (χ4v) is 5.94. The van der Waals surface area contributed by atoms with Crippen molar-refractivity contribution >= 4 is 33.0 Å². The smallest absolute Gasteiger partial charge is 0.178 e. The van der Waals surface area contributed by atoms with Gasteiger partial charge in [0, 0.05) is 42.3 Å². The number of halogens is 2. The van der Waals surface area contributed by atoms with Crippen LogP contribution in [0.5, 0.6) is 0 Å². The van der Waals surface area contributed by atoms with Crippen molar-refractivity contribution < 1.29 is 22.6 Å². The predicted octanol–water partition coefficient (Wildman–Crippen LogP) is 4.80. The van der Waals surface area contributed by atoms with Gasteiger partial charge in [-0.05, 0) is 61.3 Å². The Bertz CT molecular complexity index is 1030. The topological polar surface area (TPSA) is 65.1 Å². The van der Waals surface area contributed by atoms with Crippen molar-refractivity contribution in [3.63, 3.8) is 0 Å². The van der Waals surface area contributed by atoms with Gasteiger partial charge in [-0.3, -0.25) is 0 Å². The molecule has 0 N–H and O–H groups in total. The van der Waals surface area contributed by atoms with Crippen LogP contribution in [0.15, 0.2) is 41.3 Å². The van der Waals surface area contributed by atoms with Gasteiger partial charge in [0.1, 0.15) is 0 Å². The van der Waals surface area contributed by atoms with Crippen LogP contribution in [-0.4, -0.2) is 72.3 Å². The van der Waals surface area contributed by atoms with Crippen molar-refractivity contribution in [3.8, 4) is 0 Å². The number of benzene rings is 2. The molecular formula is C25H33Cl2NO5S. The average molecular weight is 531 g/mol. The zero-order valence-corrected chi connectivity index (χ0v) is 22.1. The predicted molar refractivity (Wildman–Crippen MR) is 136 cm³/mol. The summed E-state index contributed by atoms with van der Waals surface area (Å²) < 4.78 is 41.5. The highest BCUT2D eigenvalue weighted by Gasteiger charge is 2.27. The number of rotatable bonds is 13. The van der Waals surface area contributed by atoms with Gasteiger partial charge >= 0.3 is 0 Å². The van der Waals surface area contributed by atoms with Crippen LogP contribution in [0.25, 0.3) is 0 Å². The molecule has 2 aromatic carbocycles. The van der Waals surface area contributed by atoms with E-state index in [1.165, 1.54) is 0 Å². The molecule has 0 saturated heterocycles. The second-order valence-corrected chi connectivity index (χ2v) is 11.3. The van der Waals surface area contributed by atoms with Crippen LogP contribution >= 0.6 is 23.2 Å². The molecule has 0 saturated carbocycles. The molecule has 2 aromatic rings. The number of hydrogen-bond acceptors (Lipinski definition) is 6. The van der Waals surface area contributed by atoms with Crippen molar-refractivity contribution in [2.45, 2.75) is 30.7 Å². The quantitative estimate of drug-likeness (QED) is 0.347. The van der Waals surface area contributed by atoms with Crippen molar-refractivity contribution in [1.82, 2.24) is 4.90 Å². The first kappa shape index (κ1) is 27.4. The van der Waals surface area contributed by atoms with Crippen molar-refractivity contribution in [3.05, 3.63) is 63.1 Å². The Hall–Kier alpha value is -1.19. The molecule has 1 aliphatic rings. The van der Waals surface area contributed by atoms with Gasteiger partial charge in [0.05, 0.1) is 37.1 Å². The van der Waals surface area contributed by atoms with Gasteiger partial charge in [0.2, 0.25) is 0 Å². The van der Waals surface area contributed by atoms with E-state index in [4.69, 9.17) is 37.4 Å². The number of sulfone groups is 1. The molecule has 1 heterocycles. The van der Waals surface area contributed by atoms with Crippen LogP contribution in [0.3, 0.4) is 0 Å². The summed E-state index contributed by atoms with van der Waals surface area (Å²) in [7, 11) is -1.33. The molecule has 0 aromatic heterocycles. The largest absolute Gasteiger partial charge is 0.379 e. The highest BCUT2D eigenvalue weighted by molar-refractivity contribution is 7.91. The monoisotopic (exact) mass is 529 g/mol.